The molecule has 2 aromatic rings. The monoisotopic (exact) mass is 307 g/mol. The minimum Gasteiger partial charge on any atom is -0.396 e. The lowest BCUT2D eigenvalue weighted by Crippen LogP contribution is -2.19. The van der Waals surface area contributed by atoms with Crippen molar-refractivity contribution in [3.8, 4) is 0 Å². The average molecular weight is 307 g/mol. The van der Waals surface area contributed by atoms with Crippen molar-refractivity contribution in [2.75, 3.05) is 6.61 Å². The van der Waals surface area contributed by atoms with Gasteiger partial charge in [0, 0.05) is 12.2 Å². The minimum absolute atomic E-state index is 0.105. The van der Waals surface area contributed by atoms with Crippen LogP contribution in [0.4, 0.5) is 0 Å². The van der Waals surface area contributed by atoms with Crippen molar-refractivity contribution in [2.24, 2.45) is 0 Å². The topological polar surface area (TPSA) is 20.2 Å². The summed E-state index contributed by atoms with van der Waals surface area (Å²) in [6.45, 7) is 0.214. The highest BCUT2D eigenvalue weighted by Crippen LogP contribution is 2.47. The standard InChI is InChI=1S/C20H19OS/c21-14-13-15-9-11-16(12-10-15)22-19-7-3-1-5-17(19)18-6-2-4-8-20(18)22/h1-12,17,19,21H,13-14H2/q+1. The molecule has 1 N–H and O–H groups in total. The Morgan fingerprint density at radius 2 is 1.68 bits per heavy atom. The summed E-state index contributed by atoms with van der Waals surface area (Å²) in [6, 6.07) is 17.7. The van der Waals surface area contributed by atoms with E-state index in [4.69, 9.17) is 5.11 Å². The van der Waals surface area contributed by atoms with Crippen LogP contribution in [0.1, 0.15) is 17.0 Å². The molecule has 3 unspecified atom stereocenters. The first-order valence-electron chi connectivity index (χ1n) is 7.75. The Balaban J connectivity index is 1.77. The second-order valence-corrected chi connectivity index (χ2v) is 7.88. The smallest absolute Gasteiger partial charge is 0.165 e. The van der Waals surface area contributed by atoms with Gasteiger partial charge in [0.15, 0.2) is 15.0 Å². The third-order valence-corrected chi connectivity index (χ3v) is 7.07. The van der Waals surface area contributed by atoms with Crippen molar-refractivity contribution in [1.29, 1.82) is 0 Å². The number of hydrogen-bond acceptors (Lipinski definition) is 1. The second kappa shape index (κ2) is 5.79. The first-order chi connectivity index (χ1) is 10.9. The molecule has 1 aliphatic carbocycles. The third kappa shape index (κ3) is 2.23. The predicted molar refractivity (Wildman–Crippen MR) is 92.4 cm³/mol. The maximum Gasteiger partial charge on any atom is 0.165 e. The number of aliphatic hydroxyl groups excluding tert-OH is 1. The lowest BCUT2D eigenvalue weighted by Gasteiger charge is -2.14. The third-order valence-electron chi connectivity index (χ3n) is 4.45. The molecule has 3 atom stereocenters. The Hall–Kier alpha value is -1.77. The van der Waals surface area contributed by atoms with Crippen LogP contribution in [0.15, 0.2) is 82.6 Å². The molecular formula is C20H19OS+. The van der Waals surface area contributed by atoms with Crippen molar-refractivity contribution in [1.82, 2.24) is 0 Å². The van der Waals surface area contributed by atoms with E-state index in [-0.39, 0.29) is 17.5 Å². The summed E-state index contributed by atoms with van der Waals surface area (Å²) < 4.78 is 0. The maximum absolute atomic E-state index is 9.07. The van der Waals surface area contributed by atoms with E-state index in [0.717, 1.165) is 6.42 Å². The second-order valence-electron chi connectivity index (χ2n) is 5.75. The van der Waals surface area contributed by atoms with Crippen LogP contribution in [0.2, 0.25) is 0 Å². The highest BCUT2D eigenvalue weighted by molar-refractivity contribution is 7.98. The van der Waals surface area contributed by atoms with Crippen LogP contribution in [-0.4, -0.2) is 17.0 Å². The zero-order valence-corrected chi connectivity index (χ0v) is 13.2. The first kappa shape index (κ1) is 13.9. The molecule has 0 saturated carbocycles. The van der Waals surface area contributed by atoms with Crippen molar-refractivity contribution >= 4 is 10.9 Å². The molecule has 1 heterocycles. The summed E-state index contributed by atoms with van der Waals surface area (Å²) in [4.78, 5) is 2.89. The van der Waals surface area contributed by atoms with E-state index in [2.05, 4.69) is 72.8 Å². The Morgan fingerprint density at radius 1 is 0.909 bits per heavy atom. The largest absolute Gasteiger partial charge is 0.396 e. The van der Waals surface area contributed by atoms with Gasteiger partial charge >= 0.3 is 0 Å². The molecule has 2 aromatic carbocycles. The molecular weight excluding hydrogens is 288 g/mol. The highest BCUT2D eigenvalue weighted by atomic mass is 32.2. The molecule has 0 radical (unpaired) electrons. The van der Waals surface area contributed by atoms with Crippen LogP contribution in [0.3, 0.4) is 0 Å². The fourth-order valence-corrected chi connectivity index (χ4v) is 6.16. The zero-order valence-electron chi connectivity index (χ0n) is 12.4. The fourth-order valence-electron chi connectivity index (χ4n) is 3.41. The fraction of sp³-hybridized carbons (Fsp3) is 0.200. The molecule has 0 amide bonds. The van der Waals surface area contributed by atoms with E-state index in [1.165, 1.54) is 20.9 Å². The Bertz CT molecular complexity index is 730. The minimum atomic E-state index is 0.105. The van der Waals surface area contributed by atoms with Gasteiger partial charge in [0.05, 0.1) is 16.8 Å². The quantitative estimate of drug-likeness (QED) is 0.854. The summed E-state index contributed by atoms with van der Waals surface area (Å²) in [6.07, 6.45) is 9.81. The van der Waals surface area contributed by atoms with Gasteiger partial charge in [-0.2, -0.15) is 0 Å². The van der Waals surface area contributed by atoms with E-state index in [1.54, 1.807) is 0 Å². The molecule has 0 aromatic heterocycles. The van der Waals surface area contributed by atoms with Gasteiger partial charge in [-0.25, -0.2) is 0 Å². The van der Waals surface area contributed by atoms with Gasteiger partial charge in [-0.05, 0) is 36.3 Å². The van der Waals surface area contributed by atoms with Gasteiger partial charge < -0.3 is 5.11 Å². The number of fused-ring (bicyclic) bond motifs is 3. The number of rotatable bonds is 3. The molecule has 110 valence electrons. The first-order valence-corrected chi connectivity index (χ1v) is 9.04. The normalized spacial score (nSPS) is 25.0. The van der Waals surface area contributed by atoms with Crippen molar-refractivity contribution < 1.29 is 5.11 Å². The number of allylic oxidation sites excluding steroid dienone is 3. The summed E-state index contributed by atoms with van der Waals surface area (Å²) in [5.74, 6) is 0.515. The van der Waals surface area contributed by atoms with Crippen LogP contribution < -0.4 is 0 Å². The van der Waals surface area contributed by atoms with Gasteiger partial charge in [0.25, 0.3) is 0 Å². The van der Waals surface area contributed by atoms with E-state index in [0.29, 0.717) is 11.2 Å². The molecule has 1 aliphatic heterocycles. The summed E-state index contributed by atoms with van der Waals surface area (Å²) in [5, 5.41) is 9.62. The molecule has 1 nitrogen and oxygen atoms in total. The molecule has 2 aliphatic rings. The molecule has 0 saturated heterocycles. The highest BCUT2D eigenvalue weighted by Gasteiger charge is 2.48. The van der Waals surface area contributed by atoms with Gasteiger partial charge in [-0.1, -0.05) is 48.6 Å². The zero-order chi connectivity index (χ0) is 14.9. The van der Waals surface area contributed by atoms with Crippen LogP contribution >= 0.6 is 0 Å². The predicted octanol–water partition coefficient (Wildman–Crippen LogP) is 3.85. The molecule has 22 heavy (non-hydrogen) atoms. The van der Waals surface area contributed by atoms with Crippen molar-refractivity contribution in [3.63, 3.8) is 0 Å². The molecule has 0 fully saturated rings. The molecule has 0 spiro atoms. The van der Waals surface area contributed by atoms with Gasteiger partial charge in [0.2, 0.25) is 0 Å². The average Bonchev–Trinajstić information content (AvgIpc) is 2.91. The van der Waals surface area contributed by atoms with E-state index in [9.17, 15) is 0 Å². The lowest BCUT2D eigenvalue weighted by molar-refractivity contribution is 0.299. The van der Waals surface area contributed by atoms with E-state index in [1.807, 2.05) is 0 Å². The van der Waals surface area contributed by atoms with Crippen LogP contribution in [0.25, 0.3) is 0 Å². The summed E-state index contributed by atoms with van der Waals surface area (Å²) in [7, 11) is 0.105. The van der Waals surface area contributed by atoms with Gasteiger partial charge in [-0.3, -0.25) is 0 Å². The van der Waals surface area contributed by atoms with Crippen LogP contribution in [0.5, 0.6) is 0 Å². The lowest BCUT2D eigenvalue weighted by atomic mass is 9.93. The van der Waals surface area contributed by atoms with Crippen molar-refractivity contribution in [3.05, 3.63) is 84.0 Å². The summed E-state index contributed by atoms with van der Waals surface area (Å²) in [5.41, 5.74) is 2.69. The number of hydrogen-bond donors (Lipinski definition) is 1. The Labute approximate surface area is 134 Å². The summed E-state index contributed by atoms with van der Waals surface area (Å²) >= 11 is 0. The Kier molecular flexibility index (Phi) is 3.65. The molecule has 4 rings (SSSR count). The van der Waals surface area contributed by atoms with Crippen LogP contribution in [-0.2, 0) is 17.3 Å². The van der Waals surface area contributed by atoms with E-state index < -0.39 is 0 Å². The van der Waals surface area contributed by atoms with Crippen LogP contribution in [0, 0.1) is 0 Å². The maximum atomic E-state index is 9.07. The number of benzene rings is 2. The molecule has 0 bridgehead atoms. The SMILES string of the molecule is OCCc1ccc([S+]2c3ccccc3C3C=CC=CC32)cc1. The van der Waals surface area contributed by atoms with Crippen molar-refractivity contribution in [2.45, 2.75) is 27.4 Å². The molecule has 2 heteroatoms. The van der Waals surface area contributed by atoms with Gasteiger partial charge in [-0.15, -0.1) is 0 Å². The van der Waals surface area contributed by atoms with Gasteiger partial charge in [0.1, 0.15) is 0 Å². The number of aliphatic hydroxyl groups is 1. The van der Waals surface area contributed by atoms with E-state index >= 15 is 0 Å². The Morgan fingerprint density at radius 3 is 2.50 bits per heavy atom.